The molecule has 2 rings (SSSR count). The van der Waals surface area contributed by atoms with Gasteiger partial charge in [0.1, 0.15) is 0 Å². The molecule has 0 atom stereocenters. The van der Waals surface area contributed by atoms with Crippen LogP contribution in [-0.4, -0.2) is 10.6 Å². The predicted molar refractivity (Wildman–Crippen MR) is 74.6 cm³/mol. The Morgan fingerprint density at radius 3 is 2.71 bits per heavy atom. The lowest BCUT2D eigenvalue weighted by atomic mass is 10.1. The van der Waals surface area contributed by atoms with Gasteiger partial charge in [0.05, 0.1) is 0 Å². The number of nitrogens with zero attached hydrogens (tertiary/aromatic N) is 1. The number of fused-ring (bicyclic) bond motifs is 1. The highest BCUT2D eigenvalue weighted by molar-refractivity contribution is 6.31. The fraction of sp³-hybridized carbons (Fsp3) is 0.429. The van der Waals surface area contributed by atoms with Crippen molar-refractivity contribution >= 4 is 22.5 Å². The molecule has 0 saturated heterocycles. The van der Waals surface area contributed by atoms with Crippen LogP contribution in [0.2, 0.25) is 5.02 Å². The van der Waals surface area contributed by atoms with E-state index in [4.69, 9.17) is 11.6 Å². The van der Waals surface area contributed by atoms with E-state index in [0.717, 1.165) is 11.6 Å². The molecule has 1 heterocycles. The number of hydrogen-bond donors (Lipinski definition) is 1. The van der Waals surface area contributed by atoms with Gasteiger partial charge in [0.2, 0.25) is 0 Å². The summed E-state index contributed by atoms with van der Waals surface area (Å²) in [5.41, 5.74) is 3.87. The Labute approximate surface area is 108 Å². The minimum atomic E-state index is 0.496. The molecule has 1 N–H and O–H groups in total. The Balaban J connectivity index is 2.49. The zero-order valence-corrected chi connectivity index (χ0v) is 11.6. The molecule has 0 bridgehead atoms. The molecule has 0 aliphatic carbocycles. The maximum absolute atomic E-state index is 6.05. The summed E-state index contributed by atoms with van der Waals surface area (Å²) in [5.74, 6) is 0. The third-order valence-corrected chi connectivity index (χ3v) is 3.48. The van der Waals surface area contributed by atoms with Crippen molar-refractivity contribution in [2.24, 2.45) is 7.05 Å². The largest absolute Gasteiger partial charge is 0.346 e. The fourth-order valence-electron chi connectivity index (χ4n) is 2.20. The van der Waals surface area contributed by atoms with Crippen molar-refractivity contribution in [3.63, 3.8) is 0 Å². The molecule has 1 aromatic carbocycles. The first-order valence-electron chi connectivity index (χ1n) is 5.97. The summed E-state index contributed by atoms with van der Waals surface area (Å²) in [6.45, 7) is 7.39. The normalized spacial score (nSPS) is 11.6. The smallest absolute Gasteiger partial charge is 0.0498 e. The standard InChI is InChI=1S/C14H19ClN2/c1-9(2)16-8-14-10(3)12-6-5-11(15)7-13(12)17(14)4/h5-7,9,16H,8H2,1-4H3. The van der Waals surface area contributed by atoms with Crippen LogP contribution in [0.25, 0.3) is 10.9 Å². The van der Waals surface area contributed by atoms with Crippen molar-refractivity contribution in [2.75, 3.05) is 0 Å². The topological polar surface area (TPSA) is 17.0 Å². The third-order valence-electron chi connectivity index (χ3n) is 3.24. The van der Waals surface area contributed by atoms with E-state index in [1.807, 2.05) is 12.1 Å². The van der Waals surface area contributed by atoms with Gasteiger partial charge >= 0.3 is 0 Å². The molecule has 2 nitrogen and oxygen atoms in total. The van der Waals surface area contributed by atoms with Gasteiger partial charge in [-0.3, -0.25) is 0 Å². The van der Waals surface area contributed by atoms with E-state index in [-0.39, 0.29) is 0 Å². The van der Waals surface area contributed by atoms with Crippen molar-refractivity contribution in [1.82, 2.24) is 9.88 Å². The quantitative estimate of drug-likeness (QED) is 0.880. The summed E-state index contributed by atoms with van der Waals surface area (Å²) in [6, 6.07) is 6.58. The van der Waals surface area contributed by atoms with Crippen molar-refractivity contribution < 1.29 is 0 Å². The van der Waals surface area contributed by atoms with Crippen molar-refractivity contribution in [3.05, 3.63) is 34.5 Å². The number of aryl methyl sites for hydroxylation is 2. The first-order valence-corrected chi connectivity index (χ1v) is 6.35. The van der Waals surface area contributed by atoms with Crippen LogP contribution in [0.1, 0.15) is 25.1 Å². The highest BCUT2D eigenvalue weighted by Gasteiger charge is 2.11. The van der Waals surface area contributed by atoms with Crippen LogP contribution in [0.3, 0.4) is 0 Å². The SMILES string of the molecule is Cc1c(CNC(C)C)n(C)c2cc(Cl)ccc12. The number of halogens is 1. The van der Waals surface area contributed by atoms with Gasteiger partial charge in [-0.25, -0.2) is 0 Å². The van der Waals surface area contributed by atoms with E-state index in [1.54, 1.807) is 0 Å². The Kier molecular flexibility index (Phi) is 3.45. The van der Waals surface area contributed by atoms with Gasteiger partial charge in [-0.1, -0.05) is 31.5 Å². The van der Waals surface area contributed by atoms with Crippen LogP contribution in [0.4, 0.5) is 0 Å². The van der Waals surface area contributed by atoms with Gasteiger partial charge in [-0.05, 0) is 24.6 Å². The summed E-state index contributed by atoms with van der Waals surface area (Å²) >= 11 is 6.05. The molecule has 0 unspecified atom stereocenters. The molecular formula is C14H19ClN2. The first-order chi connectivity index (χ1) is 8.00. The van der Waals surface area contributed by atoms with E-state index in [2.05, 4.69) is 43.8 Å². The number of hydrogen-bond acceptors (Lipinski definition) is 1. The molecule has 0 amide bonds. The molecule has 0 spiro atoms. The lowest BCUT2D eigenvalue weighted by molar-refractivity contribution is 0.571. The second-order valence-corrected chi connectivity index (χ2v) is 5.26. The van der Waals surface area contributed by atoms with E-state index >= 15 is 0 Å². The number of nitrogens with one attached hydrogen (secondary N) is 1. The maximum atomic E-state index is 6.05. The van der Waals surface area contributed by atoms with Crippen molar-refractivity contribution in [2.45, 2.75) is 33.4 Å². The molecular weight excluding hydrogens is 232 g/mol. The zero-order valence-electron chi connectivity index (χ0n) is 10.8. The lowest BCUT2D eigenvalue weighted by Crippen LogP contribution is -2.23. The summed E-state index contributed by atoms with van der Waals surface area (Å²) in [6.07, 6.45) is 0. The Bertz CT molecular complexity index is 541. The van der Waals surface area contributed by atoms with E-state index in [9.17, 15) is 0 Å². The minimum Gasteiger partial charge on any atom is -0.346 e. The third kappa shape index (κ3) is 2.33. The molecule has 1 aromatic heterocycles. The minimum absolute atomic E-state index is 0.496. The van der Waals surface area contributed by atoms with E-state index in [0.29, 0.717) is 6.04 Å². The summed E-state index contributed by atoms with van der Waals surface area (Å²) in [5, 5.41) is 5.55. The number of rotatable bonds is 3. The van der Waals surface area contributed by atoms with Gasteiger partial charge < -0.3 is 9.88 Å². The highest BCUT2D eigenvalue weighted by Crippen LogP contribution is 2.27. The maximum Gasteiger partial charge on any atom is 0.0498 e. The van der Waals surface area contributed by atoms with E-state index < -0.39 is 0 Å². The lowest BCUT2D eigenvalue weighted by Gasteiger charge is -2.10. The average Bonchev–Trinajstić information content (AvgIpc) is 2.49. The highest BCUT2D eigenvalue weighted by atomic mass is 35.5. The molecule has 17 heavy (non-hydrogen) atoms. The second-order valence-electron chi connectivity index (χ2n) is 4.83. The van der Waals surface area contributed by atoms with Gasteiger partial charge in [-0.2, -0.15) is 0 Å². The molecule has 0 fully saturated rings. The molecule has 92 valence electrons. The van der Waals surface area contributed by atoms with Crippen molar-refractivity contribution in [3.8, 4) is 0 Å². The Hall–Kier alpha value is -0.990. The molecule has 0 saturated carbocycles. The second kappa shape index (κ2) is 4.71. The zero-order chi connectivity index (χ0) is 12.6. The van der Waals surface area contributed by atoms with E-state index in [1.165, 1.54) is 22.2 Å². The van der Waals surface area contributed by atoms with Gasteiger partial charge in [0, 0.05) is 41.3 Å². The van der Waals surface area contributed by atoms with Gasteiger partial charge in [-0.15, -0.1) is 0 Å². The van der Waals surface area contributed by atoms with Crippen LogP contribution >= 0.6 is 11.6 Å². The monoisotopic (exact) mass is 250 g/mol. The summed E-state index contributed by atoms with van der Waals surface area (Å²) in [4.78, 5) is 0. The van der Waals surface area contributed by atoms with Crippen LogP contribution in [0.15, 0.2) is 18.2 Å². The molecule has 0 radical (unpaired) electrons. The number of aromatic nitrogens is 1. The summed E-state index contributed by atoms with van der Waals surface area (Å²) < 4.78 is 2.23. The molecule has 0 aliphatic rings. The van der Waals surface area contributed by atoms with Crippen LogP contribution < -0.4 is 5.32 Å². The number of benzene rings is 1. The fourth-order valence-corrected chi connectivity index (χ4v) is 2.37. The molecule has 3 heteroatoms. The van der Waals surface area contributed by atoms with Crippen LogP contribution in [-0.2, 0) is 13.6 Å². The van der Waals surface area contributed by atoms with Crippen LogP contribution in [0, 0.1) is 6.92 Å². The van der Waals surface area contributed by atoms with Crippen LogP contribution in [0.5, 0.6) is 0 Å². The first kappa shape index (κ1) is 12.5. The van der Waals surface area contributed by atoms with Crippen molar-refractivity contribution in [1.29, 1.82) is 0 Å². The van der Waals surface area contributed by atoms with Gasteiger partial charge in [0.25, 0.3) is 0 Å². The average molecular weight is 251 g/mol. The molecule has 2 aromatic rings. The molecule has 0 aliphatic heterocycles. The predicted octanol–water partition coefficient (Wildman–Crippen LogP) is 3.64. The Morgan fingerprint density at radius 1 is 1.35 bits per heavy atom. The Morgan fingerprint density at radius 2 is 2.06 bits per heavy atom. The summed E-state index contributed by atoms with van der Waals surface area (Å²) in [7, 11) is 2.10. The van der Waals surface area contributed by atoms with Gasteiger partial charge in [0.15, 0.2) is 0 Å².